The van der Waals surface area contributed by atoms with Crippen molar-refractivity contribution in [3.8, 4) is 0 Å². The lowest BCUT2D eigenvalue weighted by Gasteiger charge is -2.15. The summed E-state index contributed by atoms with van der Waals surface area (Å²) in [6.45, 7) is 0.417. The van der Waals surface area contributed by atoms with E-state index in [-0.39, 0.29) is 10.4 Å². The highest BCUT2D eigenvalue weighted by atomic mass is 32.2. The number of nitro benzene ring substituents is 1. The normalized spacial score (nSPS) is 16.9. The fraction of sp³-hybridized carbons (Fsp3) is 0.500. The van der Waals surface area contributed by atoms with Gasteiger partial charge in [-0.25, -0.2) is 8.42 Å². The molecule has 0 saturated heterocycles. The van der Waals surface area contributed by atoms with E-state index in [9.17, 15) is 31.7 Å². The van der Waals surface area contributed by atoms with Gasteiger partial charge in [0.15, 0.2) is 0 Å². The summed E-state index contributed by atoms with van der Waals surface area (Å²) in [5, 5.41) is 13.9. The molecule has 1 aromatic carbocycles. The molecule has 1 N–H and O–H groups in total. The zero-order chi connectivity index (χ0) is 17.5. The lowest BCUT2D eigenvalue weighted by molar-refractivity contribution is -0.384. The van der Waals surface area contributed by atoms with E-state index in [0.29, 0.717) is 12.6 Å². The molecular weight excluding hydrogens is 357 g/mol. The smallest absolute Gasteiger partial charge is 0.378 e. The summed E-state index contributed by atoms with van der Waals surface area (Å²) in [4.78, 5) is 8.99. The van der Waals surface area contributed by atoms with Gasteiger partial charge in [-0.1, -0.05) is 0 Å². The first kappa shape index (κ1) is 17.9. The van der Waals surface area contributed by atoms with Gasteiger partial charge in [-0.15, -0.1) is 0 Å². The van der Waals surface area contributed by atoms with Crippen molar-refractivity contribution in [1.82, 2.24) is 0 Å². The van der Waals surface area contributed by atoms with Crippen molar-refractivity contribution in [2.45, 2.75) is 28.0 Å². The van der Waals surface area contributed by atoms with Crippen LogP contribution in [0.25, 0.3) is 0 Å². The Morgan fingerprint density at radius 2 is 2.00 bits per heavy atom. The van der Waals surface area contributed by atoms with Crippen LogP contribution in [0.5, 0.6) is 0 Å². The fourth-order valence-corrected chi connectivity index (χ4v) is 3.47. The second kappa shape index (κ2) is 5.86. The molecule has 0 unspecified atom stereocenters. The minimum absolute atomic E-state index is 0.00329. The molecule has 1 aliphatic rings. The molecule has 1 aromatic rings. The van der Waals surface area contributed by atoms with E-state index in [1.807, 2.05) is 6.26 Å². The van der Waals surface area contributed by atoms with E-state index in [0.717, 1.165) is 25.0 Å². The molecule has 11 heteroatoms. The fourth-order valence-electron chi connectivity index (χ4n) is 1.96. The Hall–Kier alpha value is -1.49. The molecule has 1 fully saturated rings. The Labute approximate surface area is 134 Å². The van der Waals surface area contributed by atoms with Crippen molar-refractivity contribution in [1.29, 1.82) is 0 Å². The maximum Gasteiger partial charge on any atom is 0.501 e. The first-order valence-electron chi connectivity index (χ1n) is 6.41. The summed E-state index contributed by atoms with van der Waals surface area (Å²) < 4.78 is 60.3. The average Bonchev–Trinajstić information content (AvgIpc) is 3.24. The van der Waals surface area contributed by atoms with Crippen LogP contribution in [-0.2, 0) is 9.84 Å². The van der Waals surface area contributed by atoms with Crippen molar-refractivity contribution >= 4 is 33.0 Å². The van der Waals surface area contributed by atoms with Gasteiger partial charge < -0.3 is 5.32 Å². The zero-order valence-electron chi connectivity index (χ0n) is 11.9. The standard InChI is InChI=1S/C12H13F3N2O4S2/c1-22-11(4-5-11)7-16-9-3-2-8(6-10(9)17(18)19)23(20,21)12(13,14)15/h2-3,6,16H,4-5,7H2,1H3. The van der Waals surface area contributed by atoms with Crippen molar-refractivity contribution in [2.75, 3.05) is 18.1 Å². The van der Waals surface area contributed by atoms with Crippen LogP contribution in [0.15, 0.2) is 23.1 Å². The summed E-state index contributed by atoms with van der Waals surface area (Å²) in [5.74, 6) is 0. The number of hydrogen-bond donors (Lipinski definition) is 1. The molecule has 2 rings (SSSR count). The third-order valence-electron chi connectivity index (χ3n) is 3.62. The van der Waals surface area contributed by atoms with Crippen LogP contribution < -0.4 is 5.32 Å². The first-order valence-corrected chi connectivity index (χ1v) is 9.12. The maximum atomic E-state index is 12.5. The van der Waals surface area contributed by atoms with Gasteiger partial charge >= 0.3 is 5.51 Å². The minimum atomic E-state index is -5.62. The Kier molecular flexibility index (Phi) is 4.55. The molecule has 23 heavy (non-hydrogen) atoms. The number of benzene rings is 1. The first-order chi connectivity index (χ1) is 10.5. The number of nitro groups is 1. The van der Waals surface area contributed by atoms with Crippen LogP contribution in [0.3, 0.4) is 0 Å². The summed E-state index contributed by atoms with van der Waals surface area (Å²) >= 11 is 1.61. The highest BCUT2D eigenvalue weighted by Gasteiger charge is 2.47. The number of anilines is 1. The van der Waals surface area contributed by atoms with Crippen LogP contribution >= 0.6 is 11.8 Å². The van der Waals surface area contributed by atoms with Gasteiger partial charge in [-0.05, 0) is 31.2 Å². The second-order valence-corrected chi connectivity index (χ2v) is 8.34. The zero-order valence-corrected chi connectivity index (χ0v) is 13.5. The lowest BCUT2D eigenvalue weighted by Crippen LogP contribution is -2.23. The number of rotatable bonds is 6. The van der Waals surface area contributed by atoms with Gasteiger partial charge in [0, 0.05) is 17.4 Å². The quantitative estimate of drug-likeness (QED) is 0.611. The predicted molar refractivity (Wildman–Crippen MR) is 80.3 cm³/mol. The number of sulfone groups is 1. The van der Waals surface area contributed by atoms with E-state index in [4.69, 9.17) is 0 Å². The summed E-state index contributed by atoms with van der Waals surface area (Å²) in [6, 6.07) is 2.15. The number of alkyl halides is 3. The van der Waals surface area contributed by atoms with E-state index in [2.05, 4.69) is 5.32 Å². The molecule has 0 aromatic heterocycles. The molecule has 0 aliphatic heterocycles. The van der Waals surface area contributed by atoms with Crippen LogP contribution in [0.1, 0.15) is 12.8 Å². The third kappa shape index (κ3) is 3.55. The van der Waals surface area contributed by atoms with Gasteiger partial charge in [0.2, 0.25) is 0 Å². The molecule has 0 radical (unpaired) electrons. The minimum Gasteiger partial charge on any atom is -0.378 e. The van der Waals surface area contributed by atoms with Crippen LogP contribution in [-0.4, -0.2) is 36.4 Å². The highest BCUT2D eigenvalue weighted by molar-refractivity contribution is 8.00. The largest absolute Gasteiger partial charge is 0.501 e. The van der Waals surface area contributed by atoms with Crippen LogP contribution in [0.2, 0.25) is 0 Å². The van der Waals surface area contributed by atoms with E-state index in [1.54, 1.807) is 11.8 Å². The number of thioether (sulfide) groups is 1. The molecule has 0 spiro atoms. The van der Waals surface area contributed by atoms with Gasteiger partial charge in [-0.2, -0.15) is 24.9 Å². The number of nitrogens with zero attached hydrogens (tertiary/aromatic N) is 1. The van der Waals surface area contributed by atoms with Gasteiger partial charge in [0.25, 0.3) is 15.5 Å². The topological polar surface area (TPSA) is 89.3 Å². The molecule has 128 valence electrons. The highest BCUT2D eigenvalue weighted by Crippen LogP contribution is 2.47. The SMILES string of the molecule is CSC1(CNc2ccc(S(=O)(=O)C(F)(F)F)cc2[N+](=O)[O-])CC1. The molecular formula is C12H13F3N2O4S2. The Morgan fingerprint density at radius 1 is 1.39 bits per heavy atom. The lowest BCUT2D eigenvalue weighted by atomic mass is 10.2. The van der Waals surface area contributed by atoms with Gasteiger partial charge in [0.1, 0.15) is 5.69 Å². The molecule has 6 nitrogen and oxygen atoms in total. The summed E-state index contributed by atoms with van der Waals surface area (Å²) in [7, 11) is -5.62. The number of nitrogens with one attached hydrogen (secondary N) is 1. The van der Waals surface area contributed by atoms with Crippen LogP contribution in [0.4, 0.5) is 24.5 Å². The van der Waals surface area contributed by atoms with Crippen molar-refractivity contribution in [2.24, 2.45) is 0 Å². The summed E-state index contributed by atoms with van der Waals surface area (Å²) in [6.07, 6.45) is 3.78. The van der Waals surface area contributed by atoms with Crippen molar-refractivity contribution < 1.29 is 26.5 Å². The van der Waals surface area contributed by atoms with E-state index >= 15 is 0 Å². The Morgan fingerprint density at radius 3 is 2.43 bits per heavy atom. The van der Waals surface area contributed by atoms with E-state index < -0.39 is 30.9 Å². The Bertz CT molecular complexity index is 730. The summed E-state index contributed by atoms with van der Waals surface area (Å²) in [5.41, 5.74) is -6.21. The predicted octanol–water partition coefficient (Wildman–Crippen LogP) is 3.20. The molecule has 0 atom stereocenters. The van der Waals surface area contributed by atoms with Crippen molar-refractivity contribution in [3.05, 3.63) is 28.3 Å². The molecule has 1 aliphatic carbocycles. The molecule has 0 heterocycles. The average molecular weight is 370 g/mol. The molecule has 1 saturated carbocycles. The van der Waals surface area contributed by atoms with E-state index in [1.165, 1.54) is 0 Å². The Balaban J connectivity index is 2.34. The maximum absolute atomic E-state index is 12.5. The second-order valence-electron chi connectivity index (χ2n) is 5.13. The monoisotopic (exact) mass is 370 g/mol. The number of hydrogen-bond acceptors (Lipinski definition) is 6. The number of halogens is 3. The van der Waals surface area contributed by atoms with Crippen molar-refractivity contribution in [3.63, 3.8) is 0 Å². The molecule has 0 bridgehead atoms. The van der Waals surface area contributed by atoms with Crippen LogP contribution in [0, 0.1) is 10.1 Å². The van der Waals surface area contributed by atoms with Gasteiger partial charge in [-0.3, -0.25) is 10.1 Å². The third-order valence-corrected chi connectivity index (χ3v) is 6.53. The molecule has 0 amide bonds. The van der Waals surface area contributed by atoms with Gasteiger partial charge in [0.05, 0.1) is 9.82 Å².